The minimum atomic E-state index is -5.76. The second-order valence-electron chi connectivity index (χ2n) is 3.59. The van der Waals surface area contributed by atoms with E-state index in [0.29, 0.717) is 0 Å². The first-order valence-electron chi connectivity index (χ1n) is 4.84. The van der Waals surface area contributed by atoms with Gasteiger partial charge in [0.1, 0.15) is 6.10 Å². The Balaban J connectivity index is 2.70. The molecule has 4 nitrogen and oxygen atoms in total. The molecule has 1 aliphatic heterocycles. The Morgan fingerprint density at radius 2 is 1.74 bits per heavy atom. The van der Waals surface area contributed by atoms with Crippen molar-refractivity contribution in [3.05, 3.63) is 12.7 Å². The molecule has 1 aliphatic rings. The standard InChI is InChI=1S/C9H8F6O4/c1-2-4-3-5(19-18-4)6(16)17-7(8(10,11)12)9(13,14)15/h2,4-5,7H,1,3H2/t4-,5-/m1/s1. The number of esters is 1. The maximum absolute atomic E-state index is 12.1. The molecule has 1 fully saturated rings. The fourth-order valence-electron chi connectivity index (χ4n) is 1.21. The normalized spacial score (nSPS) is 24.6. The van der Waals surface area contributed by atoms with Gasteiger partial charge in [0.2, 0.25) is 0 Å². The number of halogens is 6. The van der Waals surface area contributed by atoms with Crippen molar-refractivity contribution >= 4 is 5.97 Å². The van der Waals surface area contributed by atoms with Gasteiger partial charge in [-0.25, -0.2) is 14.6 Å². The maximum atomic E-state index is 12.1. The van der Waals surface area contributed by atoms with Crippen LogP contribution in [0.2, 0.25) is 0 Å². The van der Waals surface area contributed by atoms with Crippen LogP contribution < -0.4 is 0 Å². The van der Waals surface area contributed by atoms with E-state index in [1.165, 1.54) is 6.08 Å². The molecule has 0 aromatic rings. The number of alkyl halides is 6. The molecule has 19 heavy (non-hydrogen) atoms. The summed E-state index contributed by atoms with van der Waals surface area (Å²) >= 11 is 0. The van der Waals surface area contributed by atoms with E-state index in [9.17, 15) is 31.1 Å². The van der Waals surface area contributed by atoms with Gasteiger partial charge >= 0.3 is 18.3 Å². The zero-order valence-corrected chi connectivity index (χ0v) is 9.12. The Bertz CT molecular complexity index is 336. The summed E-state index contributed by atoms with van der Waals surface area (Å²) in [6.07, 6.45) is -17.3. The van der Waals surface area contributed by atoms with E-state index in [4.69, 9.17) is 0 Å². The average Bonchev–Trinajstić information content (AvgIpc) is 2.70. The van der Waals surface area contributed by atoms with Crippen LogP contribution in [-0.4, -0.2) is 36.6 Å². The molecule has 0 amide bonds. The Labute approximate surface area is 102 Å². The topological polar surface area (TPSA) is 44.8 Å². The predicted molar refractivity (Wildman–Crippen MR) is 46.6 cm³/mol. The third-order valence-corrected chi connectivity index (χ3v) is 2.10. The van der Waals surface area contributed by atoms with E-state index in [-0.39, 0.29) is 6.42 Å². The lowest BCUT2D eigenvalue weighted by Crippen LogP contribution is -2.47. The molecule has 1 heterocycles. The summed E-state index contributed by atoms with van der Waals surface area (Å²) < 4.78 is 76.2. The van der Waals surface area contributed by atoms with Gasteiger partial charge in [0.15, 0.2) is 6.10 Å². The fourth-order valence-corrected chi connectivity index (χ4v) is 1.21. The van der Waals surface area contributed by atoms with Crippen LogP contribution in [0.25, 0.3) is 0 Å². The zero-order valence-electron chi connectivity index (χ0n) is 9.12. The van der Waals surface area contributed by atoms with Gasteiger partial charge in [-0.15, -0.1) is 6.58 Å². The third kappa shape index (κ3) is 4.10. The molecular weight excluding hydrogens is 286 g/mol. The predicted octanol–water partition coefficient (Wildman–Crippen LogP) is 2.30. The monoisotopic (exact) mass is 294 g/mol. The van der Waals surface area contributed by atoms with Crippen LogP contribution in [0.5, 0.6) is 0 Å². The molecule has 1 saturated heterocycles. The second-order valence-corrected chi connectivity index (χ2v) is 3.59. The van der Waals surface area contributed by atoms with Crippen LogP contribution in [0.15, 0.2) is 12.7 Å². The first-order valence-corrected chi connectivity index (χ1v) is 4.84. The van der Waals surface area contributed by atoms with Crippen molar-refractivity contribution in [1.29, 1.82) is 0 Å². The van der Waals surface area contributed by atoms with E-state index in [1.54, 1.807) is 0 Å². The summed E-state index contributed by atoms with van der Waals surface area (Å²) in [5, 5.41) is 0. The number of ether oxygens (including phenoxy) is 1. The van der Waals surface area contributed by atoms with Crippen LogP contribution in [0, 0.1) is 0 Å². The molecule has 110 valence electrons. The van der Waals surface area contributed by atoms with Gasteiger partial charge < -0.3 is 4.74 Å². The van der Waals surface area contributed by atoms with E-state index < -0.39 is 36.6 Å². The molecule has 0 N–H and O–H groups in total. The summed E-state index contributed by atoms with van der Waals surface area (Å²) in [6, 6.07) is 0. The Morgan fingerprint density at radius 1 is 1.21 bits per heavy atom. The summed E-state index contributed by atoms with van der Waals surface area (Å²) in [4.78, 5) is 19.8. The first-order chi connectivity index (χ1) is 8.55. The van der Waals surface area contributed by atoms with Crippen molar-refractivity contribution in [3.63, 3.8) is 0 Å². The van der Waals surface area contributed by atoms with Gasteiger partial charge in [0.25, 0.3) is 6.10 Å². The van der Waals surface area contributed by atoms with Crippen LogP contribution in [0.1, 0.15) is 6.42 Å². The molecule has 0 bridgehead atoms. The van der Waals surface area contributed by atoms with E-state index in [0.717, 1.165) is 0 Å². The first kappa shape index (κ1) is 15.8. The number of rotatable bonds is 3. The molecule has 1 rings (SSSR count). The average molecular weight is 294 g/mol. The van der Waals surface area contributed by atoms with Crippen LogP contribution in [0.4, 0.5) is 26.3 Å². The van der Waals surface area contributed by atoms with Crippen molar-refractivity contribution in [2.75, 3.05) is 0 Å². The molecular formula is C9H8F6O4. The van der Waals surface area contributed by atoms with Crippen molar-refractivity contribution in [1.82, 2.24) is 0 Å². The number of hydrogen-bond acceptors (Lipinski definition) is 4. The van der Waals surface area contributed by atoms with Crippen molar-refractivity contribution < 1.29 is 45.6 Å². The number of carbonyl (C=O) groups excluding carboxylic acids is 1. The largest absolute Gasteiger partial charge is 0.441 e. The van der Waals surface area contributed by atoms with Crippen molar-refractivity contribution in [2.24, 2.45) is 0 Å². The minimum Gasteiger partial charge on any atom is -0.441 e. The molecule has 0 radical (unpaired) electrons. The lowest BCUT2D eigenvalue weighted by Gasteiger charge is -2.23. The smallest absolute Gasteiger partial charge is 0.434 e. The highest BCUT2D eigenvalue weighted by Gasteiger charge is 2.60. The van der Waals surface area contributed by atoms with Gasteiger partial charge in [-0.3, -0.25) is 0 Å². The summed E-state index contributed by atoms with van der Waals surface area (Å²) in [7, 11) is 0. The van der Waals surface area contributed by atoms with Crippen LogP contribution >= 0.6 is 0 Å². The highest BCUT2D eigenvalue weighted by molar-refractivity contribution is 5.75. The molecule has 0 aromatic carbocycles. The summed E-state index contributed by atoms with van der Waals surface area (Å²) in [5.41, 5.74) is 0. The number of carbonyl (C=O) groups is 1. The second kappa shape index (κ2) is 5.37. The van der Waals surface area contributed by atoms with Gasteiger partial charge in [0, 0.05) is 6.42 Å². The zero-order chi connectivity index (χ0) is 14.8. The van der Waals surface area contributed by atoms with Gasteiger partial charge in [-0.2, -0.15) is 26.3 Å². The van der Waals surface area contributed by atoms with Gasteiger partial charge in [-0.05, 0) is 0 Å². The Hall–Kier alpha value is -1.29. The van der Waals surface area contributed by atoms with E-state index in [1.807, 2.05) is 0 Å². The molecule has 0 aromatic heterocycles. The Kier molecular flexibility index (Phi) is 4.46. The van der Waals surface area contributed by atoms with Gasteiger partial charge in [-0.1, -0.05) is 6.08 Å². The van der Waals surface area contributed by atoms with Crippen molar-refractivity contribution in [2.45, 2.75) is 37.1 Å². The third-order valence-electron chi connectivity index (χ3n) is 2.10. The maximum Gasteiger partial charge on any atom is 0.434 e. The van der Waals surface area contributed by atoms with Crippen LogP contribution in [0.3, 0.4) is 0 Å². The van der Waals surface area contributed by atoms with Crippen molar-refractivity contribution in [3.8, 4) is 0 Å². The minimum absolute atomic E-state index is 0.273. The van der Waals surface area contributed by atoms with E-state index in [2.05, 4.69) is 21.1 Å². The highest BCUT2D eigenvalue weighted by atomic mass is 19.4. The fraction of sp³-hybridized carbons (Fsp3) is 0.667. The quantitative estimate of drug-likeness (QED) is 0.347. The number of hydrogen-bond donors (Lipinski definition) is 0. The SMILES string of the molecule is C=C[C@@H]1C[C@H](C(=O)OC(C(F)(F)F)C(F)(F)F)OO1. The molecule has 0 aliphatic carbocycles. The Morgan fingerprint density at radius 3 is 2.11 bits per heavy atom. The lowest BCUT2D eigenvalue weighted by atomic mass is 10.2. The molecule has 10 heteroatoms. The molecule has 0 saturated carbocycles. The van der Waals surface area contributed by atoms with Crippen LogP contribution in [-0.2, 0) is 19.3 Å². The van der Waals surface area contributed by atoms with E-state index >= 15 is 0 Å². The summed E-state index contributed by atoms with van der Waals surface area (Å²) in [6.45, 7) is 3.26. The molecule has 0 spiro atoms. The highest BCUT2D eigenvalue weighted by Crippen LogP contribution is 2.36. The molecule has 0 unspecified atom stereocenters. The summed E-state index contributed by atoms with van der Waals surface area (Å²) in [5.74, 6) is -1.80. The van der Waals surface area contributed by atoms with Gasteiger partial charge in [0.05, 0.1) is 0 Å². The lowest BCUT2D eigenvalue weighted by molar-refractivity contribution is -0.323. The molecule has 2 atom stereocenters.